The van der Waals surface area contributed by atoms with E-state index in [2.05, 4.69) is 11.9 Å². The van der Waals surface area contributed by atoms with Gasteiger partial charge in [-0.05, 0) is 36.2 Å². The molecule has 2 aromatic rings. The summed E-state index contributed by atoms with van der Waals surface area (Å²) < 4.78 is 35.9. The number of hydrogen-bond acceptors (Lipinski definition) is 4. The third kappa shape index (κ3) is 5.77. The first-order valence-corrected chi connectivity index (χ1v) is 8.65. The number of anilines is 1. The molecule has 0 heterocycles. The normalized spacial score (nSPS) is 10.5. The SMILES string of the molecule is C=CCc1ccc(OCC(=O)Nc2ccccc2SC(F)F)c(OC)c1. The second-order valence-electron chi connectivity index (χ2n) is 5.19. The highest BCUT2D eigenvalue weighted by molar-refractivity contribution is 7.99. The maximum atomic E-state index is 12.6. The first kappa shape index (κ1) is 19.8. The fourth-order valence-electron chi connectivity index (χ4n) is 2.22. The van der Waals surface area contributed by atoms with Gasteiger partial charge in [-0.3, -0.25) is 4.79 Å². The Balaban J connectivity index is 2.00. The minimum absolute atomic E-state index is 0.273. The molecule has 0 spiro atoms. The number of amides is 1. The molecule has 1 amide bonds. The van der Waals surface area contributed by atoms with Crippen LogP contribution in [0.2, 0.25) is 0 Å². The third-order valence-electron chi connectivity index (χ3n) is 3.34. The lowest BCUT2D eigenvalue weighted by Gasteiger charge is -2.13. The number of halogens is 2. The Morgan fingerprint density at radius 2 is 2.04 bits per heavy atom. The quantitative estimate of drug-likeness (QED) is 0.504. The van der Waals surface area contributed by atoms with Crippen LogP contribution in [0.1, 0.15) is 5.56 Å². The molecule has 2 rings (SSSR count). The van der Waals surface area contributed by atoms with E-state index < -0.39 is 11.7 Å². The maximum absolute atomic E-state index is 12.6. The van der Waals surface area contributed by atoms with Crippen LogP contribution >= 0.6 is 11.8 Å². The van der Waals surface area contributed by atoms with Crippen LogP contribution in [0.15, 0.2) is 60.0 Å². The molecule has 0 aromatic heterocycles. The Labute approximate surface area is 155 Å². The minimum Gasteiger partial charge on any atom is -0.493 e. The van der Waals surface area contributed by atoms with Crippen molar-refractivity contribution in [2.45, 2.75) is 17.1 Å². The number of methoxy groups -OCH3 is 1. The highest BCUT2D eigenvalue weighted by atomic mass is 32.2. The molecule has 0 unspecified atom stereocenters. The topological polar surface area (TPSA) is 47.6 Å². The highest BCUT2D eigenvalue weighted by Crippen LogP contribution is 2.32. The van der Waals surface area contributed by atoms with Crippen LogP contribution in [-0.4, -0.2) is 25.4 Å². The third-order valence-corrected chi connectivity index (χ3v) is 4.13. The van der Waals surface area contributed by atoms with Crippen molar-refractivity contribution in [3.63, 3.8) is 0 Å². The van der Waals surface area contributed by atoms with Gasteiger partial charge >= 0.3 is 0 Å². The summed E-state index contributed by atoms with van der Waals surface area (Å²) in [6.45, 7) is 3.41. The summed E-state index contributed by atoms with van der Waals surface area (Å²) in [7, 11) is 1.51. The van der Waals surface area contributed by atoms with E-state index >= 15 is 0 Å². The summed E-state index contributed by atoms with van der Waals surface area (Å²) in [6.07, 6.45) is 2.47. The number of rotatable bonds is 9. The van der Waals surface area contributed by atoms with Gasteiger partial charge in [-0.25, -0.2) is 0 Å². The Morgan fingerprint density at radius 1 is 1.27 bits per heavy atom. The Kier molecular flexibility index (Phi) is 7.47. The fourth-order valence-corrected chi connectivity index (χ4v) is 2.82. The molecule has 0 saturated carbocycles. The van der Waals surface area contributed by atoms with E-state index in [0.717, 1.165) is 5.56 Å². The molecule has 0 aliphatic heterocycles. The predicted octanol–water partition coefficient (Wildman–Crippen LogP) is 4.76. The lowest BCUT2D eigenvalue weighted by Crippen LogP contribution is -2.20. The van der Waals surface area contributed by atoms with Gasteiger partial charge in [-0.1, -0.05) is 36.0 Å². The van der Waals surface area contributed by atoms with E-state index in [4.69, 9.17) is 9.47 Å². The number of ether oxygens (including phenoxy) is 2. The zero-order valence-corrected chi connectivity index (χ0v) is 15.0. The number of allylic oxidation sites excluding steroid dienone is 1. The molecule has 0 radical (unpaired) electrons. The number of thioether (sulfide) groups is 1. The van der Waals surface area contributed by atoms with Crippen molar-refractivity contribution < 1.29 is 23.0 Å². The molecule has 0 bridgehead atoms. The van der Waals surface area contributed by atoms with Gasteiger partial charge in [0.15, 0.2) is 18.1 Å². The number of benzene rings is 2. The highest BCUT2D eigenvalue weighted by Gasteiger charge is 2.13. The second-order valence-corrected chi connectivity index (χ2v) is 6.22. The van der Waals surface area contributed by atoms with E-state index in [1.165, 1.54) is 13.2 Å². The number of carbonyl (C=O) groups excluding carboxylic acids is 1. The summed E-state index contributed by atoms with van der Waals surface area (Å²) in [5.74, 6) is -2.09. The van der Waals surface area contributed by atoms with Gasteiger partial charge in [0, 0.05) is 4.90 Å². The minimum atomic E-state index is -2.57. The molecule has 0 aliphatic carbocycles. The molecule has 0 fully saturated rings. The van der Waals surface area contributed by atoms with Crippen molar-refractivity contribution in [3.05, 3.63) is 60.7 Å². The zero-order valence-electron chi connectivity index (χ0n) is 14.2. The first-order chi connectivity index (χ1) is 12.5. The van der Waals surface area contributed by atoms with E-state index in [1.54, 1.807) is 30.3 Å². The molecular formula is C19H19F2NO3S. The number of alkyl halides is 2. The van der Waals surface area contributed by atoms with Crippen LogP contribution in [0.25, 0.3) is 0 Å². The molecular weight excluding hydrogens is 360 g/mol. The van der Waals surface area contributed by atoms with Crippen LogP contribution < -0.4 is 14.8 Å². The van der Waals surface area contributed by atoms with E-state index in [1.807, 2.05) is 12.1 Å². The van der Waals surface area contributed by atoms with Gasteiger partial charge in [0.2, 0.25) is 0 Å². The number of nitrogens with one attached hydrogen (secondary N) is 1. The number of carbonyl (C=O) groups is 1. The molecule has 7 heteroatoms. The van der Waals surface area contributed by atoms with Crippen LogP contribution in [0.3, 0.4) is 0 Å². The second kappa shape index (κ2) is 9.82. The molecule has 0 aliphatic rings. The van der Waals surface area contributed by atoms with Crippen molar-refractivity contribution in [3.8, 4) is 11.5 Å². The summed E-state index contributed by atoms with van der Waals surface area (Å²) in [5.41, 5.74) is 1.33. The van der Waals surface area contributed by atoms with Crippen LogP contribution in [-0.2, 0) is 11.2 Å². The molecule has 26 heavy (non-hydrogen) atoms. The molecule has 2 aromatic carbocycles. The Morgan fingerprint density at radius 3 is 2.73 bits per heavy atom. The van der Waals surface area contributed by atoms with E-state index in [0.29, 0.717) is 40.3 Å². The summed E-state index contributed by atoms with van der Waals surface area (Å²) in [6, 6.07) is 11.8. The predicted molar refractivity (Wildman–Crippen MR) is 99.3 cm³/mol. The van der Waals surface area contributed by atoms with Gasteiger partial charge in [0.25, 0.3) is 11.7 Å². The van der Waals surface area contributed by atoms with Gasteiger partial charge in [0.1, 0.15) is 0 Å². The lowest BCUT2D eigenvalue weighted by molar-refractivity contribution is -0.118. The smallest absolute Gasteiger partial charge is 0.288 e. The first-order valence-electron chi connectivity index (χ1n) is 7.77. The maximum Gasteiger partial charge on any atom is 0.288 e. The molecule has 4 nitrogen and oxygen atoms in total. The monoisotopic (exact) mass is 379 g/mol. The van der Waals surface area contributed by atoms with Crippen molar-refractivity contribution in [2.24, 2.45) is 0 Å². The van der Waals surface area contributed by atoms with Gasteiger partial charge in [0.05, 0.1) is 12.8 Å². The average Bonchev–Trinajstić information content (AvgIpc) is 2.62. The van der Waals surface area contributed by atoms with Crippen molar-refractivity contribution in [1.82, 2.24) is 0 Å². The summed E-state index contributed by atoms with van der Waals surface area (Å²) in [4.78, 5) is 12.4. The van der Waals surface area contributed by atoms with Crippen molar-refractivity contribution >= 4 is 23.4 Å². The Bertz CT molecular complexity index is 768. The average molecular weight is 379 g/mol. The van der Waals surface area contributed by atoms with Crippen LogP contribution in [0, 0.1) is 0 Å². The number of hydrogen-bond donors (Lipinski definition) is 1. The fraction of sp³-hybridized carbons (Fsp3) is 0.211. The zero-order chi connectivity index (χ0) is 18.9. The van der Waals surface area contributed by atoms with Gasteiger partial charge in [-0.15, -0.1) is 6.58 Å². The molecule has 0 atom stereocenters. The van der Waals surface area contributed by atoms with Gasteiger partial charge < -0.3 is 14.8 Å². The summed E-state index contributed by atoms with van der Waals surface area (Å²) in [5, 5.41) is 2.58. The van der Waals surface area contributed by atoms with Gasteiger partial charge in [-0.2, -0.15) is 8.78 Å². The van der Waals surface area contributed by atoms with Crippen molar-refractivity contribution in [1.29, 1.82) is 0 Å². The molecule has 0 saturated heterocycles. The lowest BCUT2D eigenvalue weighted by atomic mass is 10.1. The van der Waals surface area contributed by atoms with E-state index in [-0.39, 0.29) is 6.61 Å². The summed E-state index contributed by atoms with van der Waals surface area (Å²) >= 11 is 0.377. The number of para-hydroxylation sites is 1. The molecule has 1 N–H and O–H groups in total. The van der Waals surface area contributed by atoms with Crippen molar-refractivity contribution in [2.75, 3.05) is 19.0 Å². The standard InChI is InChI=1S/C19H19F2NO3S/c1-3-6-13-9-10-15(16(11-13)24-2)25-12-18(23)22-14-7-4-5-8-17(14)26-19(20)21/h3-5,7-11,19H,1,6,12H2,2H3,(H,22,23). The Hall–Kier alpha value is -2.54. The molecule has 138 valence electrons. The van der Waals surface area contributed by atoms with Crippen LogP contribution in [0.5, 0.6) is 11.5 Å². The van der Waals surface area contributed by atoms with Crippen LogP contribution in [0.4, 0.5) is 14.5 Å². The largest absolute Gasteiger partial charge is 0.493 e. The van der Waals surface area contributed by atoms with E-state index in [9.17, 15) is 13.6 Å².